The number of anilines is 2. The van der Waals surface area contributed by atoms with Gasteiger partial charge in [-0.25, -0.2) is 0 Å². The van der Waals surface area contributed by atoms with E-state index in [0.29, 0.717) is 18.1 Å². The smallest absolute Gasteiger partial charge is 0.262 e. The molecule has 1 heterocycles. The van der Waals surface area contributed by atoms with Crippen LogP contribution in [0.2, 0.25) is 0 Å². The largest absolute Gasteiger partial charge is 0.490 e. The number of amides is 1. The minimum atomic E-state index is -0.176. The van der Waals surface area contributed by atoms with E-state index in [1.54, 1.807) is 0 Å². The minimum Gasteiger partial charge on any atom is -0.490 e. The third-order valence-corrected chi connectivity index (χ3v) is 4.54. The van der Waals surface area contributed by atoms with Crippen molar-refractivity contribution >= 4 is 17.3 Å². The van der Waals surface area contributed by atoms with E-state index in [1.165, 1.54) is 19.3 Å². The summed E-state index contributed by atoms with van der Waals surface area (Å²) in [6.07, 6.45) is 4.58. The fraction of sp³-hybridized carbons (Fsp3) is 0.409. The van der Waals surface area contributed by atoms with Gasteiger partial charge in [0.1, 0.15) is 0 Å². The lowest BCUT2D eigenvalue weighted by Gasteiger charge is -2.30. The Morgan fingerprint density at radius 3 is 2.37 bits per heavy atom. The van der Waals surface area contributed by atoms with Crippen molar-refractivity contribution in [1.82, 2.24) is 0 Å². The number of para-hydroxylation sites is 4. The zero-order valence-electron chi connectivity index (χ0n) is 15.9. The Hall–Kier alpha value is -2.69. The third-order valence-electron chi connectivity index (χ3n) is 4.54. The normalized spacial score (nSPS) is 13.9. The Balaban J connectivity index is 1.60. The quantitative estimate of drug-likeness (QED) is 0.746. The van der Waals surface area contributed by atoms with Crippen LogP contribution in [0.1, 0.15) is 32.6 Å². The minimum absolute atomic E-state index is 0.0547. The topological polar surface area (TPSA) is 50.8 Å². The van der Waals surface area contributed by atoms with Gasteiger partial charge in [-0.05, 0) is 49.9 Å². The molecule has 1 fully saturated rings. The van der Waals surface area contributed by atoms with Gasteiger partial charge in [-0.15, -0.1) is 0 Å². The van der Waals surface area contributed by atoms with Gasteiger partial charge in [0.25, 0.3) is 5.91 Å². The highest BCUT2D eigenvalue weighted by Crippen LogP contribution is 2.29. The second kappa shape index (κ2) is 9.86. The summed E-state index contributed by atoms with van der Waals surface area (Å²) >= 11 is 0. The van der Waals surface area contributed by atoms with Gasteiger partial charge in [0.2, 0.25) is 0 Å². The number of hydrogen-bond donors (Lipinski definition) is 1. The predicted molar refractivity (Wildman–Crippen MR) is 109 cm³/mol. The molecule has 0 atom stereocenters. The average Bonchev–Trinajstić information content (AvgIpc) is 2.72. The van der Waals surface area contributed by atoms with E-state index in [0.717, 1.165) is 30.9 Å². The van der Waals surface area contributed by atoms with E-state index < -0.39 is 0 Å². The fourth-order valence-corrected chi connectivity index (χ4v) is 3.22. The summed E-state index contributed by atoms with van der Waals surface area (Å²) < 4.78 is 11.4. The van der Waals surface area contributed by atoms with E-state index >= 15 is 0 Å². The number of nitrogens with zero attached hydrogens (tertiary/aromatic N) is 1. The molecule has 0 aromatic heterocycles. The molecule has 2 aromatic rings. The summed E-state index contributed by atoms with van der Waals surface area (Å²) in [6, 6.07) is 15.4. The van der Waals surface area contributed by atoms with Crippen LogP contribution < -0.4 is 19.7 Å². The molecule has 2 aromatic carbocycles. The van der Waals surface area contributed by atoms with Crippen molar-refractivity contribution in [3.63, 3.8) is 0 Å². The molecule has 0 unspecified atom stereocenters. The van der Waals surface area contributed by atoms with E-state index in [9.17, 15) is 4.79 Å². The molecular weight excluding hydrogens is 340 g/mol. The molecule has 0 spiro atoms. The van der Waals surface area contributed by atoms with Crippen molar-refractivity contribution in [1.29, 1.82) is 0 Å². The number of nitrogens with one attached hydrogen (secondary N) is 1. The molecule has 1 saturated heterocycles. The Bertz CT molecular complexity index is 742. The molecule has 5 heteroatoms. The van der Waals surface area contributed by atoms with Gasteiger partial charge in [0.05, 0.1) is 18.0 Å². The number of ether oxygens (including phenoxy) is 2. The standard InChI is InChI=1S/C22H28N2O3/c1-2-16-26-20-12-6-7-13-21(20)27-17-22(25)23-18-10-4-5-11-19(18)24-14-8-3-9-15-24/h4-7,10-13H,2-3,8-9,14-17H2,1H3,(H,23,25). The van der Waals surface area contributed by atoms with Crippen LogP contribution in [0.4, 0.5) is 11.4 Å². The van der Waals surface area contributed by atoms with Gasteiger partial charge < -0.3 is 19.7 Å². The van der Waals surface area contributed by atoms with Crippen molar-refractivity contribution in [3.8, 4) is 11.5 Å². The zero-order valence-corrected chi connectivity index (χ0v) is 15.9. The van der Waals surface area contributed by atoms with Crippen LogP contribution in [0.25, 0.3) is 0 Å². The second-order valence-corrected chi connectivity index (χ2v) is 6.70. The summed E-state index contributed by atoms with van der Waals surface area (Å²) in [5, 5.41) is 2.99. The number of rotatable bonds is 8. The number of piperidine rings is 1. The van der Waals surface area contributed by atoms with Gasteiger partial charge in [0.15, 0.2) is 18.1 Å². The number of hydrogen-bond acceptors (Lipinski definition) is 4. The monoisotopic (exact) mass is 368 g/mol. The molecule has 144 valence electrons. The van der Waals surface area contributed by atoms with E-state index in [-0.39, 0.29) is 12.5 Å². The zero-order chi connectivity index (χ0) is 18.9. The Kier molecular flexibility index (Phi) is 6.97. The van der Waals surface area contributed by atoms with Gasteiger partial charge in [-0.1, -0.05) is 31.2 Å². The SMILES string of the molecule is CCCOc1ccccc1OCC(=O)Nc1ccccc1N1CCCCC1. The highest BCUT2D eigenvalue weighted by molar-refractivity contribution is 5.95. The van der Waals surface area contributed by atoms with Crippen LogP contribution in [0.15, 0.2) is 48.5 Å². The van der Waals surface area contributed by atoms with Gasteiger partial charge >= 0.3 is 0 Å². The molecule has 0 bridgehead atoms. The third kappa shape index (κ3) is 5.39. The van der Waals surface area contributed by atoms with Gasteiger partial charge in [0, 0.05) is 13.1 Å². The predicted octanol–water partition coefficient (Wildman–Crippen LogP) is 4.48. The lowest BCUT2D eigenvalue weighted by molar-refractivity contribution is -0.118. The number of carbonyl (C=O) groups is 1. The molecule has 5 nitrogen and oxygen atoms in total. The maximum absolute atomic E-state index is 12.5. The summed E-state index contributed by atoms with van der Waals surface area (Å²) in [7, 11) is 0. The maximum atomic E-state index is 12.5. The highest BCUT2D eigenvalue weighted by Gasteiger charge is 2.16. The van der Waals surface area contributed by atoms with Gasteiger partial charge in [-0.3, -0.25) is 4.79 Å². The first-order chi connectivity index (χ1) is 13.3. The fourth-order valence-electron chi connectivity index (χ4n) is 3.22. The summed E-state index contributed by atoms with van der Waals surface area (Å²) in [4.78, 5) is 14.8. The first-order valence-corrected chi connectivity index (χ1v) is 9.76. The molecule has 1 N–H and O–H groups in total. The molecule has 0 aliphatic carbocycles. The van der Waals surface area contributed by atoms with Crippen molar-refractivity contribution in [2.45, 2.75) is 32.6 Å². The van der Waals surface area contributed by atoms with Crippen molar-refractivity contribution < 1.29 is 14.3 Å². The van der Waals surface area contributed by atoms with Crippen molar-refractivity contribution in [2.75, 3.05) is 36.5 Å². The second-order valence-electron chi connectivity index (χ2n) is 6.70. The van der Waals surface area contributed by atoms with E-state index in [4.69, 9.17) is 9.47 Å². The lowest BCUT2D eigenvalue weighted by Crippen LogP contribution is -2.31. The van der Waals surface area contributed by atoms with E-state index in [1.807, 2.05) is 42.5 Å². The Labute approximate surface area is 161 Å². The number of benzene rings is 2. The van der Waals surface area contributed by atoms with Gasteiger partial charge in [-0.2, -0.15) is 0 Å². The van der Waals surface area contributed by atoms with Crippen molar-refractivity contribution in [3.05, 3.63) is 48.5 Å². The molecule has 1 amide bonds. The molecule has 3 rings (SSSR count). The first-order valence-electron chi connectivity index (χ1n) is 9.76. The molecule has 1 aliphatic rings. The maximum Gasteiger partial charge on any atom is 0.262 e. The lowest BCUT2D eigenvalue weighted by atomic mass is 10.1. The Morgan fingerprint density at radius 2 is 1.63 bits per heavy atom. The number of carbonyl (C=O) groups excluding carboxylic acids is 1. The molecule has 1 aliphatic heterocycles. The van der Waals surface area contributed by atoms with Crippen molar-refractivity contribution in [2.24, 2.45) is 0 Å². The highest BCUT2D eigenvalue weighted by atomic mass is 16.5. The van der Waals surface area contributed by atoms with Crippen LogP contribution in [-0.4, -0.2) is 32.2 Å². The van der Waals surface area contributed by atoms with Crippen LogP contribution in [-0.2, 0) is 4.79 Å². The van der Waals surface area contributed by atoms with Crippen LogP contribution in [0, 0.1) is 0 Å². The van der Waals surface area contributed by atoms with Crippen LogP contribution in [0.5, 0.6) is 11.5 Å². The van der Waals surface area contributed by atoms with Crippen LogP contribution in [0.3, 0.4) is 0 Å². The summed E-state index contributed by atoms with van der Waals surface area (Å²) in [6.45, 7) is 4.68. The molecular formula is C22H28N2O3. The first kappa shape index (κ1) is 19.1. The molecule has 27 heavy (non-hydrogen) atoms. The summed E-state index contributed by atoms with van der Waals surface area (Å²) in [5.74, 6) is 1.08. The van der Waals surface area contributed by atoms with E-state index in [2.05, 4.69) is 23.2 Å². The Morgan fingerprint density at radius 1 is 0.963 bits per heavy atom. The average molecular weight is 368 g/mol. The molecule has 0 saturated carbocycles. The summed E-state index contributed by atoms with van der Waals surface area (Å²) in [5.41, 5.74) is 1.92. The van der Waals surface area contributed by atoms with Crippen LogP contribution >= 0.6 is 0 Å². The molecule has 0 radical (unpaired) electrons.